The minimum absolute atomic E-state index is 0.192. The van der Waals surface area contributed by atoms with Gasteiger partial charge in [-0.2, -0.15) is 0 Å². The molecule has 2 aromatic heterocycles. The molecule has 10 aromatic carbocycles. The molecule has 12 rings (SSSR count). The minimum Gasteiger partial charge on any atom is -0.454 e. The molecule has 0 bridgehead atoms. The van der Waals surface area contributed by atoms with E-state index in [0.29, 0.717) is 0 Å². The van der Waals surface area contributed by atoms with Crippen LogP contribution in [-0.4, -0.2) is 0 Å². The maximum Gasteiger partial charge on any atom is 0.159 e. The molecule has 0 amide bonds. The van der Waals surface area contributed by atoms with Crippen LogP contribution < -0.4 is 9.80 Å². The lowest BCUT2D eigenvalue weighted by atomic mass is 9.77. The van der Waals surface area contributed by atoms with Gasteiger partial charge in [0.25, 0.3) is 0 Å². The molecule has 0 aliphatic carbocycles. The molecule has 0 atom stereocenters. The van der Waals surface area contributed by atoms with E-state index in [9.17, 15) is 0 Å². The Bertz CT molecular complexity index is 3610. The van der Waals surface area contributed by atoms with Crippen molar-refractivity contribution in [1.82, 2.24) is 0 Å². The van der Waals surface area contributed by atoms with E-state index >= 15 is 0 Å². The third kappa shape index (κ3) is 5.97. The molecule has 12 aromatic rings. The number of fused-ring (bicyclic) bond motifs is 6. The number of anilines is 6. The van der Waals surface area contributed by atoms with E-state index in [2.05, 4.69) is 235 Å². The summed E-state index contributed by atoms with van der Waals surface area (Å²) < 4.78 is 13.9. The Morgan fingerprint density at radius 1 is 0.318 bits per heavy atom. The Morgan fingerprint density at radius 3 is 1.05 bits per heavy atom. The number of hydrogen-bond acceptors (Lipinski definition) is 4. The largest absolute Gasteiger partial charge is 0.454 e. The molecule has 4 heteroatoms. The van der Waals surface area contributed by atoms with Crippen molar-refractivity contribution in [2.24, 2.45) is 0 Å². The quantitative estimate of drug-likeness (QED) is 0.156. The highest BCUT2D eigenvalue weighted by Crippen LogP contribution is 2.53. The predicted molar refractivity (Wildman–Crippen MR) is 281 cm³/mol. The summed E-state index contributed by atoms with van der Waals surface area (Å²) in [4.78, 5) is 4.88. The smallest absolute Gasteiger partial charge is 0.159 e. The number of rotatable bonds is 6. The van der Waals surface area contributed by atoms with Crippen LogP contribution in [0.25, 0.3) is 76.2 Å². The second-order valence-corrected chi connectivity index (χ2v) is 20.2. The van der Waals surface area contributed by atoms with Crippen LogP contribution in [-0.2, 0) is 10.8 Å². The molecule has 0 unspecified atom stereocenters. The van der Waals surface area contributed by atoms with E-state index in [4.69, 9.17) is 8.83 Å². The summed E-state index contributed by atoms with van der Waals surface area (Å²) in [6.07, 6.45) is 0. The van der Waals surface area contributed by atoms with Crippen LogP contribution >= 0.6 is 0 Å². The second-order valence-electron chi connectivity index (χ2n) is 20.2. The maximum absolute atomic E-state index is 6.94. The zero-order chi connectivity index (χ0) is 45.2. The monoisotopic (exact) mass is 856 g/mol. The molecular weight excluding hydrogens is 805 g/mol. The molecule has 0 radical (unpaired) electrons. The lowest BCUT2D eigenvalue weighted by Crippen LogP contribution is -2.17. The molecule has 2 heterocycles. The molecular formula is C62H52N2O2. The first kappa shape index (κ1) is 40.0. The van der Waals surface area contributed by atoms with Crippen molar-refractivity contribution in [2.45, 2.75) is 66.2 Å². The van der Waals surface area contributed by atoms with Gasteiger partial charge < -0.3 is 18.6 Å². The lowest BCUT2D eigenvalue weighted by molar-refractivity contribution is 0.595. The van der Waals surface area contributed by atoms with Gasteiger partial charge in [0.15, 0.2) is 11.2 Å². The summed E-state index contributed by atoms with van der Waals surface area (Å²) in [5.41, 5.74) is 14.4. The van der Waals surface area contributed by atoms with Crippen LogP contribution in [0, 0.1) is 13.8 Å². The molecule has 0 aliphatic heterocycles. The first-order chi connectivity index (χ1) is 31.9. The van der Waals surface area contributed by atoms with E-state index in [1.807, 2.05) is 0 Å². The van der Waals surface area contributed by atoms with Crippen LogP contribution in [0.2, 0.25) is 0 Å². The Kier molecular flexibility index (Phi) is 8.77. The Labute approximate surface area is 385 Å². The van der Waals surface area contributed by atoms with Crippen molar-refractivity contribution in [2.75, 3.05) is 9.80 Å². The van der Waals surface area contributed by atoms with Gasteiger partial charge in [-0.15, -0.1) is 0 Å². The van der Waals surface area contributed by atoms with Crippen molar-refractivity contribution < 1.29 is 8.83 Å². The fourth-order valence-electron chi connectivity index (χ4n) is 10.8. The molecule has 0 fully saturated rings. The van der Waals surface area contributed by atoms with Gasteiger partial charge >= 0.3 is 0 Å². The zero-order valence-electron chi connectivity index (χ0n) is 38.9. The third-order valence-corrected chi connectivity index (χ3v) is 13.9. The van der Waals surface area contributed by atoms with Gasteiger partial charge in [-0.1, -0.05) is 163 Å². The summed E-state index contributed by atoms with van der Waals surface area (Å²) in [6.45, 7) is 18.3. The molecule has 4 nitrogen and oxygen atoms in total. The number of benzene rings is 10. The van der Waals surface area contributed by atoms with Gasteiger partial charge in [-0.3, -0.25) is 0 Å². The number of aryl methyl sites for hydroxylation is 2. The first-order valence-electron chi connectivity index (χ1n) is 23.2. The molecule has 66 heavy (non-hydrogen) atoms. The molecule has 322 valence electrons. The SMILES string of the molecule is Cc1cccc2c1oc1c(N(c3ccccc3)c3cc(C(C)(C)C)c4ccc5c(N(c6ccccc6)c6cccc7c6oc6c(C)cccc67)cc(C(C)(C)C)c6ccc3c4c56)cccc12. The third-order valence-electron chi connectivity index (χ3n) is 13.9. The summed E-state index contributed by atoms with van der Waals surface area (Å²) in [5.74, 6) is 0. The fraction of sp³-hybridized carbons (Fsp3) is 0.161. The number of para-hydroxylation sites is 6. The molecule has 0 N–H and O–H groups in total. The highest BCUT2D eigenvalue weighted by Gasteiger charge is 2.31. The van der Waals surface area contributed by atoms with Crippen LogP contribution in [0.15, 0.2) is 179 Å². The number of hydrogen-bond donors (Lipinski definition) is 0. The van der Waals surface area contributed by atoms with E-state index < -0.39 is 0 Å². The van der Waals surface area contributed by atoms with Gasteiger partial charge in [0, 0.05) is 43.7 Å². The second kappa shape index (κ2) is 14.5. The molecule has 0 aliphatic rings. The van der Waals surface area contributed by atoms with Gasteiger partial charge in [-0.25, -0.2) is 0 Å². The van der Waals surface area contributed by atoms with Gasteiger partial charge in [0.2, 0.25) is 0 Å². The summed E-state index contributed by atoms with van der Waals surface area (Å²) in [5, 5.41) is 11.9. The highest BCUT2D eigenvalue weighted by atomic mass is 16.3. The van der Waals surface area contributed by atoms with Gasteiger partial charge in [0.1, 0.15) is 11.2 Å². The van der Waals surface area contributed by atoms with E-state index in [1.165, 1.54) is 43.4 Å². The summed E-state index contributed by atoms with van der Waals surface area (Å²) in [6, 6.07) is 62.1. The topological polar surface area (TPSA) is 32.8 Å². The van der Waals surface area contributed by atoms with Crippen LogP contribution in [0.5, 0.6) is 0 Å². The number of furan rings is 2. The molecule has 0 saturated heterocycles. The van der Waals surface area contributed by atoms with Crippen molar-refractivity contribution in [1.29, 1.82) is 0 Å². The normalized spacial score (nSPS) is 12.5. The van der Waals surface area contributed by atoms with Crippen LogP contribution in [0.3, 0.4) is 0 Å². The predicted octanol–water partition coefficient (Wildman–Crippen LogP) is 18.5. The van der Waals surface area contributed by atoms with Crippen molar-refractivity contribution >= 4 is 110 Å². The average Bonchev–Trinajstić information content (AvgIpc) is 3.90. The van der Waals surface area contributed by atoms with Crippen LogP contribution in [0.1, 0.15) is 63.8 Å². The van der Waals surface area contributed by atoms with Gasteiger partial charge in [0.05, 0.1) is 22.7 Å². The Balaban J connectivity index is 1.23. The Morgan fingerprint density at radius 2 is 0.667 bits per heavy atom. The standard InChI is InChI=1S/C62H52N2O2/c1-37-19-15-25-41-43-27-17-29-51(59(43)65-57(37)41)63(39-21-11-9-12-22-39)53-35-49(61(3,4)5)45-32-34-48-54(36-50(62(6,7)8)46-31-33-47(53)55(45)56(46)48)64(40-23-13-10-14-24-40)52-30-18-28-44-42-26-16-20-38(2)58(42)66-60(44)52/h9-36H,1-8H3. The van der Waals surface area contributed by atoms with Crippen molar-refractivity contribution in [3.63, 3.8) is 0 Å². The fourth-order valence-corrected chi connectivity index (χ4v) is 10.8. The van der Waals surface area contributed by atoms with Gasteiger partial charge in [-0.05, 0) is 117 Å². The van der Waals surface area contributed by atoms with E-state index in [0.717, 1.165) is 89.1 Å². The first-order valence-corrected chi connectivity index (χ1v) is 23.2. The lowest BCUT2D eigenvalue weighted by Gasteiger charge is -2.33. The number of nitrogens with zero attached hydrogens (tertiary/aromatic N) is 2. The van der Waals surface area contributed by atoms with E-state index in [1.54, 1.807) is 0 Å². The average molecular weight is 857 g/mol. The van der Waals surface area contributed by atoms with Crippen molar-refractivity contribution in [3.8, 4) is 0 Å². The maximum atomic E-state index is 6.94. The van der Waals surface area contributed by atoms with Crippen LogP contribution in [0.4, 0.5) is 34.1 Å². The Hall–Kier alpha value is -7.56. The summed E-state index contributed by atoms with van der Waals surface area (Å²) in [7, 11) is 0. The van der Waals surface area contributed by atoms with E-state index in [-0.39, 0.29) is 10.8 Å². The highest BCUT2D eigenvalue weighted by molar-refractivity contribution is 6.30. The zero-order valence-corrected chi connectivity index (χ0v) is 38.9. The molecule has 0 spiro atoms. The minimum atomic E-state index is -0.192. The van der Waals surface area contributed by atoms with Crippen molar-refractivity contribution in [3.05, 3.63) is 192 Å². The summed E-state index contributed by atoms with van der Waals surface area (Å²) >= 11 is 0. The molecule has 0 saturated carbocycles.